The van der Waals surface area contributed by atoms with Crippen molar-refractivity contribution in [2.24, 2.45) is 0 Å². The molecule has 1 N–H and O–H groups in total. The summed E-state index contributed by atoms with van der Waals surface area (Å²) in [5.74, 6) is -0.634. The molecule has 1 unspecified atom stereocenters. The number of hydrogen-bond donors (Lipinski definition) is 1. The number of carbonyl (C=O) groups excluding carboxylic acids is 1. The minimum Gasteiger partial charge on any atom is -0.459 e. The Balaban J connectivity index is 1.93. The molecule has 2 aromatic carbocycles. The zero-order chi connectivity index (χ0) is 12.8. The van der Waals surface area contributed by atoms with E-state index in [1.54, 1.807) is 24.3 Å². The lowest BCUT2D eigenvalue weighted by Crippen LogP contribution is -2.15. The number of esters is 1. The summed E-state index contributed by atoms with van der Waals surface area (Å²) in [7, 11) is 0. The fourth-order valence-corrected chi connectivity index (χ4v) is 1.58. The first-order valence-corrected chi connectivity index (χ1v) is 5.71. The highest BCUT2D eigenvalue weighted by atomic mass is 16.5. The third kappa shape index (κ3) is 3.18. The van der Waals surface area contributed by atoms with Gasteiger partial charge in [-0.2, -0.15) is 0 Å². The van der Waals surface area contributed by atoms with Gasteiger partial charge in [-0.3, -0.25) is 0 Å². The minimum atomic E-state index is -1.23. The molecule has 0 amide bonds. The molecule has 0 saturated carbocycles. The maximum atomic E-state index is 11.6. The van der Waals surface area contributed by atoms with E-state index < -0.39 is 12.1 Å². The fraction of sp³-hybridized carbons (Fsp3) is 0.133. The SMILES string of the molecule is O=C(OCc1ccccc1)C(O)c1ccccc1. The molecule has 0 bridgehead atoms. The highest BCUT2D eigenvalue weighted by molar-refractivity contribution is 5.76. The van der Waals surface area contributed by atoms with Gasteiger partial charge >= 0.3 is 5.97 Å². The van der Waals surface area contributed by atoms with Crippen molar-refractivity contribution in [3.05, 3.63) is 71.8 Å². The largest absolute Gasteiger partial charge is 0.459 e. The van der Waals surface area contributed by atoms with E-state index in [-0.39, 0.29) is 6.61 Å². The summed E-state index contributed by atoms with van der Waals surface area (Å²) in [5.41, 5.74) is 1.43. The van der Waals surface area contributed by atoms with Gasteiger partial charge in [0, 0.05) is 0 Å². The molecule has 0 aromatic heterocycles. The van der Waals surface area contributed by atoms with Crippen LogP contribution in [0.2, 0.25) is 0 Å². The molecule has 0 heterocycles. The molecule has 0 radical (unpaired) electrons. The van der Waals surface area contributed by atoms with Gasteiger partial charge in [0.1, 0.15) is 6.61 Å². The smallest absolute Gasteiger partial charge is 0.339 e. The molecular formula is C15H14O3. The molecule has 0 aliphatic carbocycles. The number of benzene rings is 2. The Hall–Kier alpha value is -2.13. The zero-order valence-electron chi connectivity index (χ0n) is 9.82. The Morgan fingerprint density at radius 1 is 1.00 bits per heavy atom. The van der Waals surface area contributed by atoms with Crippen molar-refractivity contribution < 1.29 is 14.6 Å². The highest BCUT2D eigenvalue weighted by Gasteiger charge is 2.18. The maximum Gasteiger partial charge on any atom is 0.339 e. The van der Waals surface area contributed by atoms with Crippen molar-refractivity contribution in [1.29, 1.82) is 0 Å². The molecule has 0 aliphatic rings. The molecule has 0 spiro atoms. The molecule has 0 fully saturated rings. The van der Waals surface area contributed by atoms with Crippen molar-refractivity contribution in [3.8, 4) is 0 Å². The molecule has 0 aliphatic heterocycles. The number of aliphatic hydroxyl groups excluding tert-OH is 1. The van der Waals surface area contributed by atoms with Gasteiger partial charge in [0.25, 0.3) is 0 Å². The van der Waals surface area contributed by atoms with E-state index in [4.69, 9.17) is 4.74 Å². The summed E-state index contributed by atoms with van der Waals surface area (Å²) in [6.45, 7) is 0.170. The first-order valence-electron chi connectivity index (χ1n) is 5.71. The van der Waals surface area contributed by atoms with E-state index in [0.717, 1.165) is 5.56 Å². The van der Waals surface area contributed by atoms with E-state index in [9.17, 15) is 9.90 Å². The van der Waals surface area contributed by atoms with Gasteiger partial charge in [-0.1, -0.05) is 60.7 Å². The quantitative estimate of drug-likeness (QED) is 0.838. The second-order valence-corrected chi connectivity index (χ2v) is 3.91. The molecule has 18 heavy (non-hydrogen) atoms. The topological polar surface area (TPSA) is 46.5 Å². The van der Waals surface area contributed by atoms with Gasteiger partial charge in [-0.25, -0.2) is 4.79 Å². The minimum absolute atomic E-state index is 0.170. The third-order valence-corrected chi connectivity index (χ3v) is 2.56. The molecule has 1 atom stereocenters. The summed E-state index contributed by atoms with van der Waals surface area (Å²) >= 11 is 0. The van der Waals surface area contributed by atoms with E-state index in [0.29, 0.717) is 5.56 Å². The lowest BCUT2D eigenvalue weighted by atomic mass is 10.1. The van der Waals surface area contributed by atoms with Crippen molar-refractivity contribution in [1.82, 2.24) is 0 Å². The molecule has 2 aromatic rings. The van der Waals surface area contributed by atoms with Gasteiger partial charge in [0.05, 0.1) is 0 Å². The predicted octanol–water partition coefficient (Wildman–Crippen LogP) is 2.46. The average Bonchev–Trinajstić information content (AvgIpc) is 2.46. The first kappa shape index (κ1) is 12.3. The third-order valence-electron chi connectivity index (χ3n) is 2.56. The zero-order valence-corrected chi connectivity index (χ0v) is 9.82. The van der Waals surface area contributed by atoms with Crippen LogP contribution in [0.15, 0.2) is 60.7 Å². The van der Waals surface area contributed by atoms with Crippen LogP contribution in [0.4, 0.5) is 0 Å². The Labute approximate surface area is 106 Å². The Kier molecular flexibility index (Phi) is 4.10. The molecule has 92 valence electrons. The van der Waals surface area contributed by atoms with Crippen molar-refractivity contribution in [2.75, 3.05) is 0 Å². The standard InChI is InChI=1S/C15H14O3/c16-14(13-9-5-2-6-10-13)15(17)18-11-12-7-3-1-4-8-12/h1-10,14,16H,11H2. The summed E-state index contributed by atoms with van der Waals surface area (Å²) < 4.78 is 5.06. The molecule has 3 heteroatoms. The molecule has 0 saturated heterocycles. The molecular weight excluding hydrogens is 228 g/mol. The lowest BCUT2D eigenvalue weighted by molar-refractivity contribution is -0.155. The van der Waals surface area contributed by atoms with Gasteiger partial charge in [-0.15, -0.1) is 0 Å². The van der Waals surface area contributed by atoms with Crippen LogP contribution in [-0.4, -0.2) is 11.1 Å². The summed E-state index contributed by atoms with van der Waals surface area (Å²) in [5, 5.41) is 9.79. The summed E-state index contributed by atoms with van der Waals surface area (Å²) in [4.78, 5) is 11.6. The van der Waals surface area contributed by atoms with E-state index >= 15 is 0 Å². The monoisotopic (exact) mass is 242 g/mol. The number of aliphatic hydroxyl groups is 1. The second-order valence-electron chi connectivity index (χ2n) is 3.91. The molecule has 2 rings (SSSR count). The Bertz CT molecular complexity index is 494. The molecule has 3 nitrogen and oxygen atoms in total. The van der Waals surface area contributed by atoms with E-state index in [1.807, 2.05) is 36.4 Å². The number of hydrogen-bond acceptors (Lipinski definition) is 3. The second kappa shape index (κ2) is 5.98. The van der Waals surface area contributed by atoms with Crippen LogP contribution in [0.3, 0.4) is 0 Å². The Morgan fingerprint density at radius 3 is 2.17 bits per heavy atom. The predicted molar refractivity (Wildman–Crippen MR) is 67.6 cm³/mol. The highest BCUT2D eigenvalue weighted by Crippen LogP contribution is 2.14. The van der Waals surface area contributed by atoms with Crippen molar-refractivity contribution >= 4 is 5.97 Å². The van der Waals surface area contributed by atoms with Crippen LogP contribution < -0.4 is 0 Å². The average molecular weight is 242 g/mol. The number of rotatable bonds is 4. The van der Waals surface area contributed by atoms with Crippen LogP contribution in [0.1, 0.15) is 17.2 Å². The van der Waals surface area contributed by atoms with Crippen LogP contribution >= 0.6 is 0 Å². The van der Waals surface area contributed by atoms with Gasteiger partial charge in [0.2, 0.25) is 0 Å². The van der Waals surface area contributed by atoms with Gasteiger partial charge in [0.15, 0.2) is 6.10 Å². The fourth-order valence-electron chi connectivity index (χ4n) is 1.58. The summed E-state index contributed by atoms with van der Waals surface area (Å²) in [6.07, 6.45) is -1.23. The first-order chi connectivity index (χ1) is 8.77. The van der Waals surface area contributed by atoms with Gasteiger partial charge in [-0.05, 0) is 11.1 Å². The normalized spacial score (nSPS) is 11.8. The van der Waals surface area contributed by atoms with E-state index in [2.05, 4.69) is 0 Å². The number of carbonyl (C=O) groups is 1. The van der Waals surface area contributed by atoms with Crippen LogP contribution in [0.25, 0.3) is 0 Å². The Morgan fingerprint density at radius 2 is 1.56 bits per heavy atom. The lowest BCUT2D eigenvalue weighted by Gasteiger charge is -2.10. The van der Waals surface area contributed by atoms with Crippen molar-refractivity contribution in [3.63, 3.8) is 0 Å². The maximum absolute atomic E-state index is 11.6. The van der Waals surface area contributed by atoms with Crippen molar-refractivity contribution in [2.45, 2.75) is 12.7 Å². The van der Waals surface area contributed by atoms with Crippen LogP contribution in [-0.2, 0) is 16.1 Å². The van der Waals surface area contributed by atoms with Crippen LogP contribution in [0, 0.1) is 0 Å². The summed E-state index contributed by atoms with van der Waals surface area (Å²) in [6, 6.07) is 18.1. The van der Waals surface area contributed by atoms with Crippen LogP contribution in [0.5, 0.6) is 0 Å². The number of ether oxygens (including phenoxy) is 1. The van der Waals surface area contributed by atoms with Gasteiger partial charge < -0.3 is 9.84 Å². The van der Waals surface area contributed by atoms with E-state index in [1.165, 1.54) is 0 Å².